The van der Waals surface area contributed by atoms with E-state index in [1.165, 1.54) is 22.3 Å². The van der Waals surface area contributed by atoms with Gasteiger partial charge in [-0.1, -0.05) is 172 Å². The molecule has 7 rings (SSSR count). The van der Waals surface area contributed by atoms with Crippen LogP contribution in [0, 0.1) is 0 Å². The molecular formula is C50H58N12. The molecule has 4 N–H and O–H groups in total. The van der Waals surface area contributed by atoms with Crippen LogP contribution in [0.5, 0.6) is 0 Å². The molecule has 62 heavy (non-hydrogen) atoms. The van der Waals surface area contributed by atoms with Crippen molar-refractivity contribution < 1.29 is 0 Å². The molecule has 5 aromatic carbocycles. The van der Waals surface area contributed by atoms with Gasteiger partial charge < -0.3 is 31.1 Å². The number of nitrogens with zero attached hydrogens (tertiary/aromatic N) is 8. The second-order valence-electron chi connectivity index (χ2n) is 15.3. The SMILES string of the molecule is CCCCNc1nc(NCc2cccc(CNc3nc(NCCCC)nc(N(Cc4ccccc4)Cc4ccccc4)n3)c2)nc(N(Cc2ccccc2)Cc2ccccc2)n1. The average molecular weight is 827 g/mol. The molecule has 318 valence electrons. The van der Waals surface area contributed by atoms with Gasteiger partial charge in [0.15, 0.2) is 0 Å². The minimum Gasteiger partial charge on any atom is -0.354 e. The summed E-state index contributed by atoms with van der Waals surface area (Å²) in [5.41, 5.74) is 6.90. The molecule has 0 spiro atoms. The van der Waals surface area contributed by atoms with E-state index in [0.717, 1.165) is 49.9 Å². The maximum atomic E-state index is 4.99. The zero-order chi connectivity index (χ0) is 42.6. The third-order valence-corrected chi connectivity index (χ3v) is 10.2. The summed E-state index contributed by atoms with van der Waals surface area (Å²) in [7, 11) is 0. The van der Waals surface area contributed by atoms with Crippen molar-refractivity contribution in [3.63, 3.8) is 0 Å². The Morgan fingerprint density at radius 1 is 0.355 bits per heavy atom. The molecule has 0 saturated carbocycles. The molecule has 12 heteroatoms. The van der Waals surface area contributed by atoms with Crippen molar-refractivity contribution in [1.82, 2.24) is 29.9 Å². The third-order valence-electron chi connectivity index (χ3n) is 10.2. The van der Waals surface area contributed by atoms with E-state index in [1.807, 2.05) is 24.3 Å². The Bertz CT molecular complexity index is 2120. The fraction of sp³-hybridized carbons (Fsp3) is 0.280. The molecule has 0 aliphatic heterocycles. The first kappa shape index (κ1) is 43.0. The van der Waals surface area contributed by atoms with Crippen molar-refractivity contribution in [1.29, 1.82) is 0 Å². The summed E-state index contributed by atoms with van der Waals surface area (Å²) >= 11 is 0. The monoisotopic (exact) mass is 826 g/mol. The summed E-state index contributed by atoms with van der Waals surface area (Å²) < 4.78 is 0. The van der Waals surface area contributed by atoms with Crippen molar-refractivity contribution in [2.45, 2.75) is 78.8 Å². The minimum absolute atomic E-state index is 0.514. The normalized spacial score (nSPS) is 10.9. The Morgan fingerprint density at radius 3 is 0.984 bits per heavy atom. The van der Waals surface area contributed by atoms with Crippen LogP contribution >= 0.6 is 0 Å². The highest BCUT2D eigenvalue weighted by Crippen LogP contribution is 2.23. The van der Waals surface area contributed by atoms with Crippen LogP contribution in [0.4, 0.5) is 35.7 Å². The lowest BCUT2D eigenvalue weighted by Crippen LogP contribution is -2.25. The minimum atomic E-state index is 0.514. The Hall–Kier alpha value is -7.08. The second kappa shape index (κ2) is 23.1. The molecule has 0 aliphatic carbocycles. The third kappa shape index (κ3) is 13.5. The molecule has 0 fully saturated rings. The molecule has 0 bridgehead atoms. The van der Waals surface area contributed by atoms with Crippen LogP contribution in [0.25, 0.3) is 0 Å². The lowest BCUT2D eigenvalue weighted by atomic mass is 10.1. The molecular weight excluding hydrogens is 769 g/mol. The summed E-state index contributed by atoms with van der Waals surface area (Å²) in [6, 6.07) is 50.2. The summed E-state index contributed by atoms with van der Waals surface area (Å²) in [5.74, 6) is 3.36. The van der Waals surface area contributed by atoms with Crippen molar-refractivity contribution in [2.75, 3.05) is 44.2 Å². The molecule has 0 saturated heterocycles. The standard InChI is InChI=1S/C50H58N12/c1-3-5-30-51-45-55-47(59-49(57-45)61(35-39-20-11-7-12-21-39)36-40-22-13-8-14-23-40)53-33-43-28-19-29-44(32-43)34-54-48-56-46(52-31-6-4-2)58-50(60-48)62(37-41-24-15-9-16-25-41)38-42-26-17-10-18-27-42/h7-29,32H,3-6,30-31,33-38H2,1-2H3,(H2,51,53,55,57,59)(H2,52,54,56,58,60). The topological polar surface area (TPSA) is 132 Å². The number of unbranched alkanes of at least 4 members (excludes halogenated alkanes) is 2. The lowest BCUT2D eigenvalue weighted by Gasteiger charge is -2.24. The first-order valence-corrected chi connectivity index (χ1v) is 21.8. The molecule has 0 aliphatic rings. The van der Waals surface area contributed by atoms with Crippen LogP contribution in [0.1, 0.15) is 72.9 Å². The van der Waals surface area contributed by atoms with E-state index < -0.39 is 0 Å². The van der Waals surface area contributed by atoms with Crippen LogP contribution in [0.3, 0.4) is 0 Å². The second-order valence-corrected chi connectivity index (χ2v) is 15.3. The maximum absolute atomic E-state index is 4.99. The van der Waals surface area contributed by atoms with Gasteiger partial charge in [0.2, 0.25) is 35.7 Å². The molecule has 0 amide bonds. The molecule has 0 unspecified atom stereocenters. The van der Waals surface area contributed by atoms with Crippen LogP contribution in [-0.4, -0.2) is 43.0 Å². The number of anilines is 6. The number of benzene rings is 5. The van der Waals surface area contributed by atoms with Gasteiger partial charge in [0.05, 0.1) is 0 Å². The zero-order valence-corrected chi connectivity index (χ0v) is 35.9. The van der Waals surface area contributed by atoms with Crippen molar-refractivity contribution in [2.24, 2.45) is 0 Å². The predicted molar refractivity (Wildman–Crippen MR) is 253 cm³/mol. The molecule has 7 aromatic rings. The Labute approximate surface area is 366 Å². The van der Waals surface area contributed by atoms with Crippen molar-refractivity contribution in [3.05, 3.63) is 179 Å². The number of aromatic nitrogens is 6. The lowest BCUT2D eigenvalue weighted by molar-refractivity contribution is 0.755. The highest BCUT2D eigenvalue weighted by atomic mass is 15.3. The summed E-state index contributed by atoms with van der Waals surface area (Å²) in [4.78, 5) is 33.8. The highest BCUT2D eigenvalue weighted by Gasteiger charge is 2.18. The van der Waals surface area contributed by atoms with E-state index >= 15 is 0 Å². The van der Waals surface area contributed by atoms with Gasteiger partial charge in [0.1, 0.15) is 0 Å². The number of nitrogens with one attached hydrogen (secondary N) is 4. The van der Waals surface area contributed by atoms with Gasteiger partial charge in [0, 0.05) is 52.4 Å². The van der Waals surface area contributed by atoms with E-state index in [1.54, 1.807) is 0 Å². The fourth-order valence-corrected chi connectivity index (χ4v) is 6.90. The largest absolute Gasteiger partial charge is 0.354 e. The van der Waals surface area contributed by atoms with E-state index in [0.29, 0.717) is 75.0 Å². The van der Waals surface area contributed by atoms with Crippen LogP contribution in [0.2, 0.25) is 0 Å². The van der Waals surface area contributed by atoms with E-state index in [-0.39, 0.29) is 0 Å². The van der Waals surface area contributed by atoms with Gasteiger partial charge in [-0.2, -0.15) is 29.9 Å². The van der Waals surface area contributed by atoms with Crippen LogP contribution in [-0.2, 0) is 39.3 Å². The number of hydrogen-bond donors (Lipinski definition) is 4. The van der Waals surface area contributed by atoms with E-state index in [4.69, 9.17) is 29.9 Å². The Kier molecular flexibility index (Phi) is 16.0. The molecule has 0 radical (unpaired) electrons. The Balaban J connectivity index is 1.09. The first-order chi connectivity index (χ1) is 30.6. The van der Waals surface area contributed by atoms with Gasteiger partial charge >= 0.3 is 0 Å². The van der Waals surface area contributed by atoms with Crippen molar-refractivity contribution in [3.8, 4) is 0 Å². The van der Waals surface area contributed by atoms with E-state index in [9.17, 15) is 0 Å². The fourth-order valence-electron chi connectivity index (χ4n) is 6.90. The van der Waals surface area contributed by atoms with Crippen LogP contribution < -0.4 is 31.1 Å². The van der Waals surface area contributed by atoms with E-state index in [2.05, 4.69) is 166 Å². The van der Waals surface area contributed by atoms with Gasteiger partial charge in [-0.25, -0.2) is 0 Å². The van der Waals surface area contributed by atoms with Gasteiger partial charge in [-0.3, -0.25) is 0 Å². The Morgan fingerprint density at radius 2 is 0.661 bits per heavy atom. The summed E-state index contributed by atoms with van der Waals surface area (Å²) in [6.45, 7) is 9.58. The van der Waals surface area contributed by atoms with Gasteiger partial charge in [-0.15, -0.1) is 0 Å². The maximum Gasteiger partial charge on any atom is 0.232 e. The molecule has 2 aromatic heterocycles. The van der Waals surface area contributed by atoms with Crippen molar-refractivity contribution >= 4 is 35.7 Å². The number of hydrogen-bond acceptors (Lipinski definition) is 12. The summed E-state index contributed by atoms with van der Waals surface area (Å²) in [5, 5.41) is 13.9. The van der Waals surface area contributed by atoms with Crippen LogP contribution in [0.15, 0.2) is 146 Å². The molecule has 12 nitrogen and oxygen atoms in total. The quantitative estimate of drug-likeness (QED) is 0.0433. The highest BCUT2D eigenvalue weighted by molar-refractivity contribution is 5.47. The smallest absolute Gasteiger partial charge is 0.232 e. The molecule has 0 atom stereocenters. The molecule has 2 heterocycles. The average Bonchev–Trinajstić information content (AvgIpc) is 3.31. The van der Waals surface area contributed by atoms with Gasteiger partial charge in [-0.05, 0) is 46.2 Å². The summed E-state index contributed by atoms with van der Waals surface area (Å²) in [6.07, 6.45) is 4.18. The first-order valence-electron chi connectivity index (χ1n) is 21.8. The predicted octanol–water partition coefficient (Wildman–Crippen LogP) is 10.1. The number of rotatable bonds is 24. The van der Waals surface area contributed by atoms with Gasteiger partial charge in [0.25, 0.3) is 0 Å². The zero-order valence-electron chi connectivity index (χ0n) is 35.9.